The lowest BCUT2D eigenvalue weighted by Gasteiger charge is -2.31. The lowest BCUT2D eigenvalue weighted by atomic mass is 9.91. The normalized spacial score (nSPS) is 15.3. The Labute approximate surface area is 212 Å². The van der Waals surface area contributed by atoms with Crippen molar-refractivity contribution in [2.24, 2.45) is 0 Å². The second kappa shape index (κ2) is 8.65. The number of rotatable bonds is 6. The van der Waals surface area contributed by atoms with E-state index in [1.54, 1.807) is 31.4 Å². The van der Waals surface area contributed by atoms with Crippen LogP contribution in [0.2, 0.25) is 0 Å². The molecular formula is C28H24N4O5. The number of aliphatic carboxylic acids is 1. The lowest BCUT2D eigenvalue weighted by molar-refractivity contribution is -0.140. The maximum absolute atomic E-state index is 14.1. The van der Waals surface area contributed by atoms with E-state index in [0.29, 0.717) is 58.1 Å². The Morgan fingerprint density at radius 1 is 1.11 bits per heavy atom. The van der Waals surface area contributed by atoms with E-state index in [1.807, 2.05) is 43.3 Å². The van der Waals surface area contributed by atoms with Crippen molar-refractivity contribution in [1.82, 2.24) is 15.6 Å². The Balaban J connectivity index is 1.69. The van der Waals surface area contributed by atoms with Crippen LogP contribution in [-0.4, -0.2) is 39.8 Å². The zero-order valence-corrected chi connectivity index (χ0v) is 20.3. The fourth-order valence-electron chi connectivity index (χ4n) is 4.86. The Kier molecular flexibility index (Phi) is 5.40. The number of aromatic nitrogens is 2. The van der Waals surface area contributed by atoms with E-state index in [0.717, 1.165) is 11.1 Å². The summed E-state index contributed by atoms with van der Waals surface area (Å²) in [5.74, 6) is -0.735. The number of benzene rings is 3. The number of carbonyl (C=O) groups is 2. The molecule has 9 heteroatoms. The molecule has 3 aromatic carbocycles. The highest BCUT2D eigenvalue weighted by atomic mass is 16.5. The van der Waals surface area contributed by atoms with Crippen molar-refractivity contribution >= 4 is 17.6 Å². The van der Waals surface area contributed by atoms with Gasteiger partial charge in [0.05, 0.1) is 17.9 Å². The number of carboxylic acid groups (broad SMARTS) is 1. The number of hydrogen-bond acceptors (Lipinski definition) is 7. The third-order valence-electron chi connectivity index (χ3n) is 6.93. The largest absolute Gasteiger partial charge is 0.480 e. The summed E-state index contributed by atoms with van der Waals surface area (Å²) in [4.78, 5) is 30.9. The first kappa shape index (κ1) is 23.1. The average Bonchev–Trinajstić information content (AvgIpc) is 3.55. The minimum absolute atomic E-state index is 0.191. The molecule has 1 saturated carbocycles. The first-order valence-corrected chi connectivity index (χ1v) is 11.9. The van der Waals surface area contributed by atoms with Crippen LogP contribution in [0.15, 0.2) is 65.2 Å². The van der Waals surface area contributed by atoms with Crippen molar-refractivity contribution in [3.8, 4) is 34.0 Å². The van der Waals surface area contributed by atoms with Crippen molar-refractivity contribution in [3.63, 3.8) is 0 Å². The molecule has 1 amide bonds. The molecule has 6 bridgehead atoms. The van der Waals surface area contributed by atoms with Crippen LogP contribution in [0.3, 0.4) is 0 Å². The zero-order chi connectivity index (χ0) is 25.7. The zero-order valence-electron chi connectivity index (χ0n) is 20.3. The summed E-state index contributed by atoms with van der Waals surface area (Å²) in [5, 5.41) is 15.5. The topological polar surface area (TPSA) is 118 Å². The summed E-state index contributed by atoms with van der Waals surface area (Å²) in [5.41, 5.74) is 7.13. The van der Waals surface area contributed by atoms with Gasteiger partial charge in [0.15, 0.2) is 0 Å². The maximum Gasteiger partial charge on any atom is 0.325 e. The van der Waals surface area contributed by atoms with E-state index >= 15 is 0 Å². The summed E-state index contributed by atoms with van der Waals surface area (Å²) in [6.45, 7) is 2.06. The molecular weight excluding hydrogens is 472 g/mol. The van der Waals surface area contributed by atoms with Gasteiger partial charge in [0, 0.05) is 23.8 Å². The van der Waals surface area contributed by atoms with Gasteiger partial charge in [0.25, 0.3) is 11.8 Å². The van der Waals surface area contributed by atoms with Gasteiger partial charge in [0.2, 0.25) is 5.82 Å². The first-order chi connectivity index (χ1) is 17.9. The lowest BCUT2D eigenvalue weighted by Crippen LogP contribution is -2.54. The van der Waals surface area contributed by atoms with Gasteiger partial charge >= 0.3 is 5.97 Å². The van der Waals surface area contributed by atoms with Crippen LogP contribution in [0.1, 0.15) is 34.3 Å². The molecule has 2 N–H and O–H groups in total. The minimum atomic E-state index is -1.22. The smallest absolute Gasteiger partial charge is 0.325 e. The molecule has 4 aromatic rings. The Hall–Kier alpha value is -4.34. The summed E-state index contributed by atoms with van der Waals surface area (Å²) < 4.78 is 11.3. The van der Waals surface area contributed by atoms with Crippen LogP contribution in [0.4, 0.5) is 5.69 Å². The van der Waals surface area contributed by atoms with Crippen LogP contribution in [0, 0.1) is 6.92 Å². The van der Waals surface area contributed by atoms with E-state index in [1.165, 1.54) is 5.01 Å². The third kappa shape index (κ3) is 3.80. The number of carbonyl (C=O) groups excluding carboxylic acids is 1. The number of nitrogens with zero attached hydrogens (tertiary/aromatic N) is 3. The number of amides is 1. The van der Waals surface area contributed by atoms with E-state index in [-0.39, 0.29) is 6.61 Å². The second-order valence-electron chi connectivity index (χ2n) is 9.37. The predicted octanol–water partition coefficient (Wildman–Crippen LogP) is 4.61. The number of ether oxygens (including phenoxy) is 1. The van der Waals surface area contributed by atoms with Gasteiger partial charge in [-0.25, -0.2) is 10.4 Å². The monoisotopic (exact) mass is 496 g/mol. The highest BCUT2D eigenvalue weighted by molar-refractivity contribution is 6.08. The Morgan fingerprint density at radius 3 is 2.54 bits per heavy atom. The molecule has 6 rings (SSSR count). The fourth-order valence-corrected chi connectivity index (χ4v) is 4.86. The van der Waals surface area contributed by atoms with Gasteiger partial charge in [-0.15, -0.1) is 0 Å². The Bertz CT molecular complexity index is 1540. The molecule has 37 heavy (non-hydrogen) atoms. The van der Waals surface area contributed by atoms with Gasteiger partial charge in [-0.1, -0.05) is 47.6 Å². The molecule has 1 aliphatic carbocycles. The molecule has 1 fully saturated rings. The van der Waals surface area contributed by atoms with Crippen LogP contribution in [-0.2, 0) is 16.1 Å². The second-order valence-corrected chi connectivity index (χ2v) is 9.37. The highest BCUT2D eigenvalue weighted by Crippen LogP contribution is 2.44. The molecule has 2 aliphatic rings. The van der Waals surface area contributed by atoms with E-state index in [2.05, 4.69) is 10.6 Å². The predicted molar refractivity (Wildman–Crippen MR) is 136 cm³/mol. The number of carboxylic acids is 1. The van der Waals surface area contributed by atoms with Crippen molar-refractivity contribution in [3.05, 3.63) is 77.4 Å². The summed E-state index contributed by atoms with van der Waals surface area (Å²) in [6.07, 6.45) is 0.818. The van der Waals surface area contributed by atoms with E-state index in [9.17, 15) is 14.7 Å². The van der Waals surface area contributed by atoms with Gasteiger partial charge in [-0.3, -0.25) is 9.59 Å². The van der Waals surface area contributed by atoms with Crippen molar-refractivity contribution in [1.29, 1.82) is 0 Å². The molecule has 186 valence electrons. The molecule has 1 aromatic heterocycles. The Morgan fingerprint density at radius 2 is 1.84 bits per heavy atom. The molecule has 0 atom stereocenters. The number of hydrazine groups is 1. The van der Waals surface area contributed by atoms with Crippen molar-refractivity contribution < 1.29 is 24.0 Å². The number of anilines is 1. The van der Waals surface area contributed by atoms with Crippen LogP contribution < -0.4 is 10.4 Å². The quantitative estimate of drug-likeness (QED) is 0.397. The fraction of sp³-hybridized carbons (Fsp3) is 0.214. The average molecular weight is 497 g/mol. The van der Waals surface area contributed by atoms with Gasteiger partial charge in [-0.05, 0) is 54.7 Å². The molecule has 0 unspecified atom stereocenters. The van der Waals surface area contributed by atoms with Crippen molar-refractivity contribution in [2.45, 2.75) is 31.9 Å². The molecule has 0 radical (unpaired) electrons. The van der Waals surface area contributed by atoms with E-state index in [4.69, 9.17) is 14.2 Å². The minimum Gasteiger partial charge on any atom is -0.480 e. The number of methoxy groups -OCH3 is 1. The van der Waals surface area contributed by atoms with E-state index < -0.39 is 17.4 Å². The van der Waals surface area contributed by atoms with Crippen LogP contribution in [0.25, 0.3) is 34.0 Å². The third-order valence-corrected chi connectivity index (χ3v) is 6.93. The summed E-state index contributed by atoms with van der Waals surface area (Å²) in [6, 6.07) is 18.6. The van der Waals surface area contributed by atoms with Gasteiger partial charge in [-0.2, -0.15) is 4.98 Å². The maximum atomic E-state index is 14.1. The van der Waals surface area contributed by atoms with Gasteiger partial charge < -0.3 is 14.4 Å². The molecule has 0 spiro atoms. The first-order valence-electron chi connectivity index (χ1n) is 11.9. The van der Waals surface area contributed by atoms with Crippen LogP contribution in [0.5, 0.6) is 0 Å². The molecule has 9 nitrogen and oxygen atoms in total. The standard InChI is InChI=1S/C28H24N4O5/c1-16-22-21(17-7-4-3-5-8-17)14-20(15-36-2)23(16)32(31-28(11-12-28)27(34)35)26(33)19-10-6-9-18(13-19)24-29-25(22)37-30-24/h3-10,13-14,31H,11-12,15H2,1-2H3,(H,34,35). The molecule has 2 heterocycles. The van der Waals surface area contributed by atoms with Crippen LogP contribution >= 0.6 is 0 Å². The molecule has 0 saturated heterocycles. The number of hydrogen-bond donors (Lipinski definition) is 2. The van der Waals surface area contributed by atoms with Gasteiger partial charge in [0.1, 0.15) is 5.54 Å². The molecule has 1 aliphatic heterocycles. The number of fused-ring (bicyclic) bond motifs is 8. The number of nitrogens with one attached hydrogen (secondary N) is 1. The summed E-state index contributed by atoms with van der Waals surface area (Å²) >= 11 is 0. The summed E-state index contributed by atoms with van der Waals surface area (Å²) in [7, 11) is 1.58. The van der Waals surface area contributed by atoms with Crippen molar-refractivity contribution in [2.75, 3.05) is 12.1 Å². The highest BCUT2D eigenvalue weighted by Gasteiger charge is 2.53. The SMILES string of the molecule is COCc1cc(-c2ccccc2)c2c(C)c1N(NC1(C(=O)O)CC1)C(=O)c1cccc(c1)-c1noc-2n1.